The van der Waals surface area contributed by atoms with Gasteiger partial charge in [-0.15, -0.1) is 0 Å². The van der Waals surface area contributed by atoms with E-state index >= 15 is 0 Å². The molecular weight excluding hydrogens is 376 g/mol. The Kier molecular flexibility index (Phi) is 6.14. The van der Waals surface area contributed by atoms with Gasteiger partial charge in [-0.1, -0.05) is 48.0 Å². The number of carbonyl (C=O) groups is 1. The zero-order chi connectivity index (χ0) is 20.9. The van der Waals surface area contributed by atoms with E-state index in [0.29, 0.717) is 18.1 Å². The summed E-state index contributed by atoms with van der Waals surface area (Å²) in [6.45, 7) is 8.48. The van der Waals surface area contributed by atoms with Gasteiger partial charge in [-0.3, -0.25) is 9.69 Å². The minimum atomic E-state index is -0.217. The number of benzene rings is 2. The van der Waals surface area contributed by atoms with Crippen LogP contribution in [-0.4, -0.2) is 42.0 Å². The monoisotopic (exact) mass is 404 g/mol. The van der Waals surface area contributed by atoms with Crippen LogP contribution < -0.4 is 10.2 Å². The van der Waals surface area contributed by atoms with Crippen LogP contribution in [0.15, 0.2) is 65.3 Å². The maximum Gasteiger partial charge on any atom is 0.273 e. The number of aryl methyl sites for hydroxylation is 1. The number of rotatable bonds is 6. The molecule has 0 unspecified atom stereocenters. The molecule has 156 valence electrons. The minimum Gasteiger partial charge on any atom is -0.447 e. The van der Waals surface area contributed by atoms with Crippen LogP contribution in [0.25, 0.3) is 0 Å². The number of piperazine rings is 1. The molecule has 1 aliphatic rings. The van der Waals surface area contributed by atoms with Gasteiger partial charge in [-0.25, -0.2) is 4.98 Å². The van der Waals surface area contributed by atoms with Gasteiger partial charge in [0.1, 0.15) is 6.26 Å². The second-order valence-corrected chi connectivity index (χ2v) is 7.83. The third-order valence-electron chi connectivity index (χ3n) is 5.56. The third-order valence-corrected chi connectivity index (χ3v) is 5.56. The Hall–Kier alpha value is -3.12. The van der Waals surface area contributed by atoms with Crippen LogP contribution in [0.1, 0.15) is 40.5 Å². The van der Waals surface area contributed by atoms with E-state index in [-0.39, 0.29) is 11.9 Å². The second-order valence-electron chi connectivity index (χ2n) is 7.83. The van der Waals surface area contributed by atoms with Crippen molar-refractivity contribution >= 4 is 11.6 Å². The maximum atomic E-state index is 12.5. The molecule has 30 heavy (non-hydrogen) atoms. The summed E-state index contributed by atoms with van der Waals surface area (Å²) in [5, 5.41) is 2.98. The number of amides is 1. The molecule has 3 aromatic rings. The Labute approximate surface area is 177 Å². The van der Waals surface area contributed by atoms with Gasteiger partial charge < -0.3 is 14.6 Å². The summed E-state index contributed by atoms with van der Waals surface area (Å²) in [5.41, 5.74) is 3.93. The number of nitrogens with one attached hydrogen (secondary N) is 1. The molecule has 4 rings (SSSR count). The standard InChI is InChI=1S/C24H28N4O2/c1-18-8-10-21(11-9-18)28-14-12-27(13-15-28)16-23-26-22(17-30-23)24(29)25-19(2)20-6-4-3-5-7-20/h3-11,17,19H,12-16H2,1-2H3,(H,25,29)/t19-/m0/s1. The molecule has 1 aliphatic heterocycles. The van der Waals surface area contributed by atoms with Gasteiger partial charge in [0.15, 0.2) is 5.69 Å². The lowest BCUT2D eigenvalue weighted by Gasteiger charge is -2.35. The van der Waals surface area contributed by atoms with Crippen molar-refractivity contribution in [3.63, 3.8) is 0 Å². The molecule has 0 bridgehead atoms. The molecule has 1 aromatic heterocycles. The highest BCUT2D eigenvalue weighted by molar-refractivity contribution is 5.92. The molecule has 0 spiro atoms. The molecule has 0 saturated carbocycles. The number of oxazole rings is 1. The summed E-state index contributed by atoms with van der Waals surface area (Å²) in [7, 11) is 0. The first-order chi connectivity index (χ1) is 14.6. The van der Waals surface area contributed by atoms with Gasteiger partial charge >= 0.3 is 0 Å². The van der Waals surface area contributed by atoms with Crippen LogP contribution in [0.4, 0.5) is 5.69 Å². The maximum absolute atomic E-state index is 12.5. The SMILES string of the molecule is Cc1ccc(N2CCN(Cc3nc(C(=O)N[C@@H](C)c4ccccc4)co3)CC2)cc1. The Morgan fingerprint density at radius 3 is 2.47 bits per heavy atom. The number of aromatic nitrogens is 1. The van der Waals surface area contributed by atoms with E-state index in [1.165, 1.54) is 17.5 Å². The second kappa shape index (κ2) is 9.13. The van der Waals surface area contributed by atoms with Crippen LogP contribution in [0.2, 0.25) is 0 Å². The zero-order valence-corrected chi connectivity index (χ0v) is 17.5. The largest absolute Gasteiger partial charge is 0.447 e. The van der Waals surface area contributed by atoms with Crippen LogP contribution in [0.3, 0.4) is 0 Å². The highest BCUT2D eigenvalue weighted by atomic mass is 16.3. The lowest BCUT2D eigenvalue weighted by molar-refractivity contribution is 0.0934. The minimum absolute atomic E-state index is 0.0892. The summed E-state index contributed by atoms with van der Waals surface area (Å²) in [4.78, 5) is 21.6. The van der Waals surface area contributed by atoms with Crippen molar-refractivity contribution in [3.05, 3.63) is 83.6 Å². The summed E-state index contributed by atoms with van der Waals surface area (Å²) in [5.74, 6) is 0.363. The fourth-order valence-corrected chi connectivity index (χ4v) is 3.69. The molecule has 6 nitrogen and oxygen atoms in total. The number of anilines is 1. The normalized spacial score (nSPS) is 15.7. The average molecular weight is 405 g/mol. The smallest absolute Gasteiger partial charge is 0.273 e. The molecule has 1 saturated heterocycles. The van der Waals surface area contributed by atoms with Crippen molar-refractivity contribution in [3.8, 4) is 0 Å². The van der Waals surface area contributed by atoms with E-state index in [0.717, 1.165) is 31.7 Å². The van der Waals surface area contributed by atoms with Crippen molar-refractivity contribution in [2.24, 2.45) is 0 Å². The Bertz CT molecular complexity index is 960. The highest BCUT2D eigenvalue weighted by Crippen LogP contribution is 2.18. The number of hydrogen-bond donors (Lipinski definition) is 1. The summed E-state index contributed by atoms with van der Waals surface area (Å²) in [6.07, 6.45) is 1.45. The van der Waals surface area contributed by atoms with Gasteiger partial charge in [0.25, 0.3) is 5.91 Å². The van der Waals surface area contributed by atoms with Crippen LogP contribution in [-0.2, 0) is 6.54 Å². The van der Waals surface area contributed by atoms with Crippen molar-refractivity contribution < 1.29 is 9.21 Å². The van der Waals surface area contributed by atoms with Gasteiger partial charge in [0.2, 0.25) is 5.89 Å². The fourth-order valence-electron chi connectivity index (χ4n) is 3.69. The van der Waals surface area contributed by atoms with E-state index in [9.17, 15) is 4.79 Å². The molecule has 2 aromatic carbocycles. The van der Waals surface area contributed by atoms with E-state index < -0.39 is 0 Å². The molecule has 0 radical (unpaired) electrons. The fraction of sp³-hybridized carbons (Fsp3) is 0.333. The molecule has 1 atom stereocenters. The first kappa shape index (κ1) is 20.2. The molecule has 0 aliphatic carbocycles. The summed E-state index contributed by atoms with van der Waals surface area (Å²) >= 11 is 0. The van der Waals surface area contributed by atoms with E-state index in [1.54, 1.807) is 0 Å². The lowest BCUT2D eigenvalue weighted by Crippen LogP contribution is -2.46. The van der Waals surface area contributed by atoms with Crippen LogP contribution in [0, 0.1) is 6.92 Å². The van der Waals surface area contributed by atoms with Crippen LogP contribution >= 0.6 is 0 Å². The molecule has 2 heterocycles. The molecule has 6 heteroatoms. The Morgan fingerprint density at radius 2 is 1.77 bits per heavy atom. The summed E-state index contributed by atoms with van der Waals surface area (Å²) < 4.78 is 5.57. The van der Waals surface area contributed by atoms with E-state index in [2.05, 4.69) is 51.3 Å². The number of carbonyl (C=O) groups excluding carboxylic acids is 1. The topological polar surface area (TPSA) is 61.6 Å². The molecule has 1 amide bonds. The van der Waals surface area contributed by atoms with Crippen molar-refractivity contribution in [2.45, 2.75) is 26.4 Å². The van der Waals surface area contributed by atoms with Crippen molar-refractivity contribution in [1.29, 1.82) is 0 Å². The van der Waals surface area contributed by atoms with E-state index in [4.69, 9.17) is 4.42 Å². The quantitative estimate of drug-likeness (QED) is 0.677. The van der Waals surface area contributed by atoms with Crippen LogP contribution in [0.5, 0.6) is 0 Å². The Balaban J connectivity index is 1.28. The zero-order valence-electron chi connectivity index (χ0n) is 17.5. The number of nitrogens with zero attached hydrogens (tertiary/aromatic N) is 3. The van der Waals surface area contributed by atoms with Gasteiger partial charge in [0, 0.05) is 31.9 Å². The third kappa shape index (κ3) is 4.89. The summed E-state index contributed by atoms with van der Waals surface area (Å²) in [6, 6.07) is 18.5. The molecule has 1 N–H and O–H groups in total. The van der Waals surface area contributed by atoms with Gasteiger partial charge in [-0.2, -0.15) is 0 Å². The number of hydrogen-bond acceptors (Lipinski definition) is 5. The Morgan fingerprint density at radius 1 is 1.07 bits per heavy atom. The van der Waals surface area contributed by atoms with Gasteiger partial charge in [0.05, 0.1) is 12.6 Å². The predicted octanol–water partition coefficient (Wildman–Crippen LogP) is 3.80. The van der Waals surface area contributed by atoms with E-state index in [1.807, 2.05) is 37.3 Å². The lowest BCUT2D eigenvalue weighted by atomic mass is 10.1. The molecular formula is C24H28N4O2. The first-order valence-electron chi connectivity index (χ1n) is 10.4. The van der Waals surface area contributed by atoms with Crippen molar-refractivity contribution in [2.75, 3.05) is 31.1 Å². The predicted molar refractivity (Wildman–Crippen MR) is 117 cm³/mol. The van der Waals surface area contributed by atoms with Gasteiger partial charge in [-0.05, 0) is 31.5 Å². The first-order valence-corrected chi connectivity index (χ1v) is 10.4. The average Bonchev–Trinajstić information content (AvgIpc) is 3.24. The molecule has 1 fully saturated rings. The highest BCUT2D eigenvalue weighted by Gasteiger charge is 2.20. The van der Waals surface area contributed by atoms with Crippen molar-refractivity contribution in [1.82, 2.24) is 15.2 Å².